The van der Waals surface area contributed by atoms with Gasteiger partial charge < -0.3 is 14.6 Å². The third-order valence-corrected chi connectivity index (χ3v) is 2.06. The van der Waals surface area contributed by atoms with Gasteiger partial charge in [0.2, 0.25) is 0 Å². The third-order valence-electron chi connectivity index (χ3n) is 2.06. The summed E-state index contributed by atoms with van der Waals surface area (Å²) in [5, 5.41) is 10.2. The van der Waals surface area contributed by atoms with Crippen LogP contribution in [0.4, 0.5) is 0 Å². The van der Waals surface area contributed by atoms with E-state index in [0.29, 0.717) is 6.61 Å². The van der Waals surface area contributed by atoms with Crippen LogP contribution < -0.4 is 39.4 Å². The Labute approximate surface area is 124 Å². The summed E-state index contributed by atoms with van der Waals surface area (Å²) in [4.78, 5) is 10.2. The van der Waals surface area contributed by atoms with E-state index in [0.717, 1.165) is 30.2 Å². The normalized spacial score (nSPS) is 9.94. The summed E-state index contributed by atoms with van der Waals surface area (Å²) in [6.45, 7) is 2.82. The third kappa shape index (κ3) is 7.21. The number of unbranched alkanes of at least 4 members (excludes halogenated alkanes) is 1. The van der Waals surface area contributed by atoms with Gasteiger partial charge in [-0.15, -0.1) is 0 Å². The molecule has 0 spiro atoms. The van der Waals surface area contributed by atoms with E-state index in [1.165, 1.54) is 6.08 Å². The van der Waals surface area contributed by atoms with Gasteiger partial charge in [0.1, 0.15) is 5.75 Å². The standard InChI is InChI=1S/C13H16O3.Na/c1-2-3-10-16-12-7-4-11(5-8-12)6-9-13(14)15;/h4-9H,2-3,10H2,1H3,(H,14,15);/q;+1/p-1/b9-6+;. The number of hydrogen-bond acceptors (Lipinski definition) is 3. The smallest absolute Gasteiger partial charge is 0.545 e. The summed E-state index contributed by atoms with van der Waals surface area (Å²) in [6.07, 6.45) is 4.64. The molecule has 0 aliphatic rings. The second-order valence-corrected chi connectivity index (χ2v) is 3.42. The van der Waals surface area contributed by atoms with E-state index in [9.17, 15) is 9.90 Å². The van der Waals surface area contributed by atoms with Gasteiger partial charge in [-0.2, -0.15) is 0 Å². The molecule has 4 heteroatoms. The van der Waals surface area contributed by atoms with Crippen molar-refractivity contribution in [3.63, 3.8) is 0 Å². The van der Waals surface area contributed by atoms with Gasteiger partial charge in [0.05, 0.1) is 12.6 Å². The minimum absolute atomic E-state index is 0. The van der Waals surface area contributed by atoms with Gasteiger partial charge >= 0.3 is 29.6 Å². The first-order valence-electron chi connectivity index (χ1n) is 5.34. The first kappa shape index (κ1) is 16.2. The van der Waals surface area contributed by atoms with Crippen LogP contribution in [0.5, 0.6) is 5.75 Å². The molecule has 0 heterocycles. The number of carboxylic acids is 1. The van der Waals surface area contributed by atoms with E-state index in [4.69, 9.17) is 4.74 Å². The van der Waals surface area contributed by atoms with Crippen LogP contribution in [0.2, 0.25) is 0 Å². The quantitative estimate of drug-likeness (QED) is 0.351. The molecule has 0 radical (unpaired) electrons. The van der Waals surface area contributed by atoms with Crippen molar-refractivity contribution in [3.8, 4) is 5.75 Å². The number of hydrogen-bond donors (Lipinski definition) is 0. The monoisotopic (exact) mass is 242 g/mol. The molecule has 1 aromatic rings. The number of benzene rings is 1. The Balaban J connectivity index is 0.00000256. The van der Waals surface area contributed by atoms with Crippen molar-refractivity contribution < 1.29 is 44.2 Å². The summed E-state index contributed by atoms with van der Waals surface area (Å²) in [6, 6.07) is 7.26. The Bertz CT molecular complexity index is 357. The number of carboxylic acid groups (broad SMARTS) is 1. The van der Waals surface area contributed by atoms with Crippen LogP contribution in [-0.2, 0) is 4.79 Å². The molecule has 1 rings (SSSR count). The van der Waals surface area contributed by atoms with Gasteiger partial charge in [-0.25, -0.2) is 0 Å². The van der Waals surface area contributed by atoms with Gasteiger partial charge in [-0.1, -0.05) is 31.6 Å². The zero-order valence-corrected chi connectivity index (χ0v) is 12.3. The average molecular weight is 242 g/mol. The Morgan fingerprint density at radius 2 is 2.00 bits per heavy atom. The maximum absolute atomic E-state index is 10.2. The van der Waals surface area contributed by atoms with Gasteiger partial charge in [0.15, 0.2) is 0 Å². The summed E-state index contributed by atoms with van der Waals surface area (Å²) in [5.41, 5.74) is 0.812. The van der Waals surface area contributed by atoms with Crippen molar-refractivity contribution in [2.45, 2.75) is 19.8 Å². The van der Waals surface area contributed by atoms with Crippen molar-refractivity contribution in [3.05, 3.63) is 35.9 Å². The largest absolute Gasteiger partial charge is 1.00 e. The second kappa shape index (κ2) is 9.28. The number of ether oxygens (including phenoxy) is 1. The van der Waals surface area contributed by atoms with E-state index < -0.39 is 5.97 Å². The first-order valence-corrected chi connectivity index (χ1v) is 5.34. The maximum atomic E-state index is 10.2. The first-order chi connectivity index (χ1) is 7.72. The van der Waals surface area contributed by atoms with E-state index in [2.05, 4.69) is 6.92 Å². The van der Waals surface area contributed by atoms with Gasteiger partial charge in [0.25, 0.3) is 0 Å². The molecule has 0 aliphatic carbocycles. The van der Waals surface area contributed by atoms with Crippen LogP contribution in [0.3, 0.4) is 0 Å². The minimum atomic E-state index is -1.19. The molecule has 1 aromatic carbocycles. The topological polar surface area (TPSA) is 49.4 Å². The van der Waals surface area contributed by atoms with Crippen molar-refractivity contribution in [2.75, 3.05) is 6.61 Å². The fourth-order valence-electron chi connectivity index (χ4n) is 1.17. The van der Waals surface area contributed by atoms with E-state index in [-0.39, 0.29) is 29.6 Å². The number of carbonyl (C=O) groups excluding carboxylic acids is 1. The summed E-state index contributed by atoms with van der Waals surface area (Å²) in [5.74, 6) is -0.387. The average Bonchev–Trinajstić information content (AvgIpc) is 2.28. The van der Waals surface area contributed by atoms with Crippen LogP contribution in [0.15, 0.2) is 30.3 Å². The molecule has 0 amide bonds. The molecule has 86 valence electrons. The van der Waals surface area contributed by atoms with Crippen LogP contribution in [0, 0.1) is 0 Å². The summed E-state index contributed by atoms with van der Waals surface area (Å²) >= 11 is 0. The SMILES string of the molecule is CCCCOc1ccc(/C=C/C(=O)[O-])cc1.[Na+]. The number of carbonyl (C=O) groups is 1. The van der Waals surface area contributed by atoms with E-state index in [1.54, 1.807) is 12.1 Å². The fourth-order valence-corrected chi connectivity index (χ4v) is 1.17. The predicted octanol–water partition coefficient (Wildman–Crippen LogP) is -1.37. The van der Waals surface area contributed by atoms with Crippen molar-refractivity contribution in [1.29, 1.82) is 0 Å². The molecule has 0 aliphatic heterocycles. The van der Waals surface area contributed by atoms with Gasteiger partial charge in [-0.05, 0) is 30.2 Å². The van der Waals surface area contributed by atoms with Crippen LogP contribution in [0.25, 0.3) is 6.08 Å². The molecule has 0 atom stereocenters. The number of rotatable bonds is 6. The second-order valence-electron chi connectivity index (χ2n) is 3.42. The molecule has 0 saturated carbocycles. The molecule has 0 bridgehead atoms. The Morgan fingerprint density at radius 1 is 1.35 bits per heavy atom. The van der Waals surface area contributed by atoms with Crippen molar-refractivity contribution >= 4 is 12.0 Å². The van der Waals surface area contributed by atoms with E-state index in [1.807, 2.05) is 12.1 Å². The predicted molar refractivity (Wildman–Crippen MR) is 60.9 cm³/mol. The minimum Gasteiger partial charge on any atom is -0.545 e. The molecule has 0 saturated heterocycles. The molecule has 3 nitrogen and oxygen atoms in total. The Hall–Kier alpha value is -0.770. The van der Waals surface area contributed by atoms with Gasteiger partial charge in [-0.3, -0.25) is 0 Å². The molecule has 0 unspecified atom stereocenters. The molecule has 0 aromatic heterocycles. The van der Waals surface area contributed by atoms with Gasteiger partial charge in [0, 0.05) is 0 Å². The Kier molecular flexibility index (Phi) is 8.86. The molecular formula is C13H15NaO3. The van der Waals surface area contributed by atoms with E-state index >= 15 is 0 Å². The Morgan fingerprint density at radius 3 is 2.53 bits per heavy atom. The maximum Gasteiger partial charge on any atom is 1.00 e. The zero-order chi connectivity index (χ0) is 11.8. The number of aliphatic carboxylic acids is 1. The summed E-state index contributed by atoms with van der Waals surface area (Å²) in [7, 11) is 0. The molecule has 0 N–H and O–H groups in total. The fraction of sp³-hybridized carbons (Fsp3) is 0.308. The van der Waals surface area contributed by atoms with Crippen molar-refractivity contribution in [2.24, 2.45) is 0 Å². The van der Waals surface area contributed by atoms with Crippen LogP contribution in [0.1, 0.15) is 25.3 Å². The van der Waals surface area contributed by atoms with Crippen LogP contribution in [-0.4, -0.2) is 12.6 Å². The molecule has 0 fully saturated rings. The molecule has 17 heavy (non-hydrogen) atoms. The van der Waals surface area contributed by atoms with Crippen LogP contribution >= 0.6 is 0 Å². The summed E-state index contributed by atoms with van der Waals surface area (Å²) < 4.78 is 5.47. The molecular weight excluding hydrogens is 227 g/mol. The zero-order valence-electron chi connectivity index (χ0n) is 10.3. The van der Waals surface area contributed by atoms with Crippen molar-refractivity contribution in [1.82, 2.24) is 0 Å².